The minimum atomic E-state index is -0.943. The number of halogens is 1. The van der Waals surface area contributed by atoms with Gasteiger partial charge in [-0.25, -0.2) is 0 Å². The molecule has 0 bridgehead atoms. The van der Waals surface area contributed by atoms with Gasteiger partial charge in [-0.1, -0.05) is 41.5 Å². The third kappa shape index (κ3) is 3.93. The van der Waals surface area contributed by atoms with Crippen LogP contribution in [0.3, 0.4) is 0 Å². The average molecular weight is 352 g/mol. The Hall–Kier alpha value is -1.13. The Kier molecular flexibility index (Phi) is 5.00. The van der Waals surface area contributed by atoms with Crippen molar-refractivity contribution in [3.8, 4) is 0 Å². The van der Waals surface area contributed by atoms with Crippen LogP contribution in [0.5, 0.6) is 0 Å². The smallest absolute Gasteiger partial charge is 0.0501 e. The summed E-state index contributed by atoms with van der Waals surface area (Å²) in [6.45, 7) is 4.13. The van der Waals surface area contributed by atoms with Gasteiger partial charge in [-0.15, -0.1) is 0 Å². The first-order valence-electron chi connectivity index (χ1n) is 6.40. The molecular formula is C16H18BrNOS. The fourth-order valence-electron chi connectivity index (χ4n) is 2.27. The Balaban J connectivity index is 2.11. The number of aryl methyl sites for hydroxylation is 2. The van der Waals surface area contributed by atoms with E-state index in [1.807, 2.05) is 18.2 Å². The van der Waals surface area contributed by atoms with Crippen molar-refractivity contribution < 1.29 is 4.21 Å². The molecule has 0 aliphatic rings. The Morgan fingerprint density at radius 1 is 1.10 bits per heavy atom. The minimum Gasteiger partial charge on any atom is -0.398 e. The molecule has 4 heteroatoms. The highest BCUT2D eigenvalue weighted by Crippen LogP contribution is 2.25. The van der Waals surface area contributed by atoms with Crippen molar-refractivity contribution in [3.63, 3.8) is 0 Å². The lowest BCUT2D eigenvalue weighted by Crippen LogP contribution is -2.02. The zero-order valence-corrected chi connectivity index (χ0v) is 14.1. The van der Waals surface area contributed by atoms with Crippen LogP contribution in [0.1, 0.15) is 22.3 Å². The SMILES string of the molecule is Cc1cc(C)cc(CS(=O)Cc2cccc(N)c2Br)c1. The second-order valence-corrected chi connectivity index (χ2v) is 7.29. The normalized spacial score (nSPS) is 12.3. The second-order valence-electron chi connectivity index (χ2n) is 5.04. The molecule has 0 fully saturated rings. The maximum atomic E-state index is 12.3. The van der Waals surface area contributed by atoms with E-state index in [0.717, 1.165) is 15.6 Å². The first-order chi connectivity index (χ1) is 9.45. The summed E-state index contributed by atoms with van der Waals surface area (Å²) in [7, 11) is -0.943. The predicted molar refractivity (Wildman–Crippen MR) is 90.0 cm³/mol. The Morgan fingerprint density at radius 3 is 2.40 bits per heavy atom. The molecule has 2 rings (SSSR count). The Labute approximate surface area is 131 Å². The molecular weight excluding hydrogens is 334 g/mol. The van der Waals surface area contributed by atoms with E-state index < -0.39 is 10.8 Å². The summed E-state index contributed by atoms with van der Waals surface area (Å²) < 4.78 is 13.2. The average Bonchev–Trinajstić information content (AvgIpc) is 2.33. The summed E-state index contributed by atoms with van der Waals surface area (Å²) in [5.41, 5.74) is 11.1. The van der Waals surface area contributed by atoms with E-state index in [-0.39, 0.29) is 0 Å². The maximum absolute atomic E-state index is 12.3. The van der Waals surface area contributed by atoms with Gasteiger partial charge in [0.2, 0.25) is 0 Å². The van der Waals surface area contributed by atoms with Crippen molar-refractivity contribution in [3.05, 3.63) is 63.1 Å². The van der Waals surface area contributed by atoms with Gasteiger partial charge < -0.3 is 5.73 Å². The molecule has 0 heterocycles. The van der Waals surface area contributed by atoms with E-state index in [1.54, 1.807) is 0 Å². The third-order valence-corrected chi connectivity index (χ3v) is 5.29. The standard InChI is InChI=1S/C16H18BrNOS/c1-11-6-12(2)8-13(7-11)9-20(19)10-14-4-3-5-15(18)16(14)17/h3-8H,9-10,18H2,1-2H3. The lowest BCUT2D eigenvalue weighted by molar-refractivity contribution is 0.682. The minimum absolute atomic E-state index is 0.513. The molecule has 2 N–H and O–H groups in total. The van der Waals surface area contributed by atoms with Crippen molar-refractivity contribution in [1.29, 1.82) is 0 Å². The Bertz CT molecular complexity index is 635. The lowest BCUT2D eigenvalue weighted by atomic mass is 10.1. The van der Waals surface area contributed by atoms with Gasteiger partial charge in [0.1, 0.15) is 0 Å². The lowest BCUT2D eigenvalue weighted by Gasteiger charge is -2.08. The summed E-state index contributed by atoms with van der Waals surface area (Å²) in [6, 6.07) is 12.0. The summed E-state index contributed by atoms with van der Waals surface area (Å²) in [4.78, 5) is 0. The molecule has 2 aromatic carbocycles. The summed E-state index contributed by atoms with van der Waals surface area (Å²) in [5.74, 6) is 1.09. The zero-order valence-electron chi connectivity index (χ0n) is 11.7. The number of hydrogen-bond donors (Lipinski definition) is 1. The van der Waals surface area contributed by atoms with Gasteiger partial charge in [0.05, 0.1) is 5.75 Å². The topological polar surface area (TPSA) is 43.1 Å². The fourth-order valence-corrected chi connectivity index (χ4v) is 4.09. The van der Waals surface area contributed by atoms with Gasteiger partial charge in [0, 0.05) is 26.7 Å². The molecule has 0 aromatic heterocycles. The van der Waals surface area contributed by atoms with Gasteiger partial charge in [0.25, 0.3) is 0 Å². The first kappa shape index (κ1) is 15.3. The van der Waals surface area contributed by atoms with Crippen LogP contribution in [0.25, 0.3) is 0 Å². The van der Waals surface area contributed by atoms with Crippen LogP contribution in [0.2, 0.25) is 0 Å². The molecule has 0 spiro atoms. The predicted octanol–water partition coefficient (Wildman–Crippen LogP) is 4.10. The maximum Gasteiger partial charge on any atom is 0.0501 e. The summed E-state index contributed by atoms with van der Waals surface area (Å²) in [6.07, 6.45) is 0. The van der Waals surface area contributed by atoms with E-state index in [2.05, 4.69) is 48.0 Å². The molecule has 1 atom stereocenters. The van der Waals surface area contributed by atoms with Crippen LogP contribution in [0.4, 0.5) is 5.69 Å². The molecule has 1 unspecified atom stereocenters. The van der Waals surface area contributed by atoms with Crippen molar-refractivity contribution >= 4 is 32.4 Å². The number of nitrogen functional groups attached to an aromatic ring is 1. The highest BCUT2D eigenvalue weighted by Gasteiger charge is 2.09. The van der Waals surface area contributed by atoms with Crippen LogP contribution in [-0.4, -0.2) is 4.21 Å². The van der Waals surface area contributed by atoms with Gasteiger partial charge in [-0.2, -0.15) is 0 Å². The monoisotopic (exact) mass is 351 g/mol. The van der Waals surface area contributed by atoms with Crippen LogP contribution in [-0.2, 0) is 22.3 Å². The largest absolute Gasteiger partial charge is 0.398 e. The number of hydrogen-bond acceptors (Lipinski definition) is 2. The van der Waals surface area contributed by atoms with Crippen LogP contribution < -0.4 is 5.73 Å². The van der Waals surface area contributed by atoms with E-state index in [1.165, 1.54) is 11.1 Å². The molecule has 106 valence electrons. The fraction of sp³-hybridized carbons (Fsp3) is 0.250. The second kappa shape index (κ2) is 6.55. The van der Waals surface area contributed by atoms with Crippen LogP contribution in [0, 0.1) is 13.8 Å². The molecule has 2 nitrogen and oxygen atoms in total. The highest BCUT2D eigenvalue weighted by atomic mass is 79.9. The number of anilines is 1. The van der Waals surface area contributed by atoms with Crippen molar-refractivity contribution in [2.75, 3.05) is 5.73 Å². The number of benzene rings is 2. The van der Waals surface area contributed by atoms with Gasteiger partial charge >= 0.3 is 0 Å². The van der Waals surface area contributed by atoms with Crippen molar-refractivity contribution in [2.45, 2.75) is 25.4 Å². The van der Waals surface area contributed by atoms with E-state index >= 15 is 0 Å². The van der Waals surface area contributed by atoms with Crippen LogP contribution in [0.15, 0.2) is 40.9 Å². The molecule has 2 aromatic rings. The molecule has 0 radical (unpaired) electrons. The molecule has 0 saturated heterocycles. The molecule has 0 amide bonds. The Morgan fingerprint density at radius 2 is 1.75 bits per heavy atom. The third-order valence-electron chi connectivity index (χ3n) is 3.03. The molecule has 0 aliphatic heterocycles. The van der Waals surface area contributed by atoms with Gasteiger partial charge in [-0.3, -0.25) is 4.21 Å². The quantitative estimate of drug-likeness (QED) is 0.842. The number of rotatable bonds is 4. The summed E-state index contributed by atoms with van der Waals surface area (Å²) in [5, 5.41) is 0. The van der Waals surface area contributed by atoms with Gasteiger partial charge in [0.15, 0.2) is 0 Å². The molecule has 0 aliphatic carbocycles. The first-order valence-corrected chi connectivity index (χ1v) is 8.69. The van der Waals surface area contributed by atoms with Crippen molar-refractivity contribution in [1.82, 2.24) is 0 Å². The van der Waals surface area contributed by atoms with Crippen LogP contribution >= 0.6 is 15.9 Å². The van der Waals surface area contributed by atoms with Gasteiger partial charge in [-0.05, 0) is 47.0 Å². The molecule has 0 saturated carbocycles. The molecule has 20 heavy (non-hydrogen) atoms. The van der Waals surface area contributed by atoms with E-state index in [0.29, 0.717) is 17.2 Å². The number of nitrogens with two attached hydrogens (primary N) is 1. The summed E-state index contributed by atoms with van der Waals surface area (Å²) >= 11 is 3.46. The zero-order chi connectivity index (χ0) is 14.7. The van der Waals surface area contributed by atoms with E-state index in [9.17, 15) is 4.21 Å². The highest BCUT2D eigenvalue weighted by molar-refractivity contribution is 9.10. The van der Waals surface area contributed by atoms with Crippen molar-refractivity contribution in [2.24, 2.45) is 0 Å². The van der Waals surface area contributed by atoms with E-state index in [4.69, 9.17) is 5.73 Å².